The molecule has 0 aliphatic carbocycles. The highest BCUT2D eigenvalue weighted by Crippen LogP contribution is 2.16. The van der Waals surface area contributed by atoms with Gasteiger partial charge in [-0.25, -0.2) is 4.98 Å². The maximum atomic E-state index is 11.0. The molecule has 0 bridgehead atoms. The Labute approximate surface area is 106 Å². The lowest BCUT2D eigenvalue weighted by Crippen LogP contribution is -2.12. The van der Waals surface area contributed by atoms with Crippen molar-refractivity contribution >= 4 is 5.97 Å². The summed E-state index contributed by atoms with van der Waals surface area (Å²) in [5.41, 5.74) is 1.19. The molecule has 0 fully saturated rings. The molecule has 1 aromatic carbocycles. The molecule has 1 atom stereocenters. The van der Waals surface area contributed by atoms with Crippen molar-refractivity contribution in [2.45, 2.75) is 26.5 Å². The molecule has 2 rings (SSSR count). The number of carbonyl (C=O) groups excluding carboxylic acids is 1. The first-order valence-corrected chi connectivity index (χ1v) is 5.89. The molecule has 0 aliphatic rings. The normalized spacial score (nSPS) is 12.1. The number of carbonyl (C=O) groups is 1. The second-order valence-corrected chi connectivity index (χ2v) is 4.15. The Bertz CT molecular complexity index is 520. The molecule has 0 saturated heterocycles. The molecule has 0 aliphatic heterocycles. The van der Waals surface area contributed by atoms with Crippen LogP contribution in [0.25, 0.3) is 0 Å². The molecule has 4 heteroatoms. The molecule has 1 aromatic heterocycles. The van der Waals surface area contributed by atoms with Crippen LogP contribution < -0.4 is 0 Å². The van der Waals surface area contributed by atoms with Crippen molar-refractivity contribution in [1.82, 2.24) is 9.55 Å². The molecule has 0 N–H and O–H groups in total. The Hall–Kier alpha value is -2.10. The number of benzene rings is 1. The smallest absolute Gasteiger partial charge is 0.303 e. The van der Waals surface area contributed by atoms with Crippen molar-refractivity contribution in [1.29, 1.82) is 0 Å². The van der Waals surface area contributed by atoms with Gasteiger partial charge in [0.2, 0.25) is 0 Å². The van der Waals surface area contributed by atoms with Crippen molar-refractivity contribution in [2.75, 3.05) is 0 Å². The molecule has 4 nitrogen and oxygen atoms in total. The van der Waals surface area contributed by atoms with Crippen LogP contribution in [0.2, 0.25) is 0 Å². The Morgan fingerprint density at radius 2 is 2.11 bits per heavy atom. The molecule has 0 radical (unpaired) electrons. The van der Waals surface area contributed by atoms with E-state index in [1.807, 2.05) is 35.9 Å². The average molecular weight is 244 g/mol. The van der Waals surface area contributed by atoms with Crippen molar-refractivity contribution in [3.05, 3.63) is 54.1 Å². The lowest BCUT2D eigenvalue weighted by Gasteiger charge is -2.14. The molecule has 2 aromatic rings. The number of hydrogen-bond donors (Lipinski definition) is 0. The van der Waals surface area contributed by atoms with E-state index in [-0.39, 0.29) is 12.1 Å². The molecule has 0 saturated carbocycles. The van der Waals surface area contributed by atoms with E-state index in [2.05, 4.69) is 17.1 Å². The van der Waals surface area contributed by atoms with E-state index in [0.29, 0.717) is 0 Å². The number of hydrogen-bond acceptors (Lipinski definition) is 3. The third-order valence-electron chi connectivity index (χ3n) is 2.65. The highest BCUT2D eigenvalue weighted by atomic mass is 16.5. The third kappa shape index (κ3) is 2.97. The first-order chi connectivity index (χ1) is 8.66. The van der Waals surface area contributed by atoms with Gasteiger partial charge in [-0.2, -0.15) is 0 Å². The zero-order valence-electron chi connectivity index (χ0n) is 10.5. The maximum absolute atomic E-state index is 11.0. The molecule has 0 spiro atoms. The standard InChI is InChI=1S/C14H16N2O2/c1-11(18-12(2)17)14-15-8-9-16(14)10-13-6-4-3-5-7-13/h3-9,11H,10H2,1-2H3/t11-/m0/s1. The van der Waals surface area contributed by atoms with Crippen LogP contribution in [0.1, 0.15) is 31.3 Å². The summed E-state index contributed by atoms with van der Waals surface area (Å²) in [4.78, 5) is 15.2. The second-order valence-electron chi connectivity index (χ2n) is 4.15. The summed E-state index contributed by atoms with van der Waals surface area (Å²) in [6.07, 6.45) is 3.28. The zero-order chi connectivity index (χ0) is 13.0. The first kappa shape index (κ1) is 12.4. The van der Waals surface area contributed by atoms with Crippen molar-refractivity contribution in [2.24, 2.45) is 0 Å². The van der Waals surface area contributed by atoms with Gasteiger partial charge in [-0.15, -0.1) is 0 Å². The average Bonchev–Trinajstić information content (AvgIpc) is 2.77. The monoisotopic (exact) mass is 244 g/mol. The van der Waals surface area contributed by atoms with E-state index in [4.69, 9.17) is 4.74 Å². The highest BCUT2D eigenvalue weighted by molar-refractivity contribution is 5.66. The maximum Gasteiger partial charge on any atom is 0.303 e. The van der Waals surface area contributed by atoms with E-state index in [1.54, 1.807) is 6.20 Å². The number of rotatable bonds is 4. The lowest BCUT2D eigenvalue weighted by molar-refractivity contribution is -0.146. The van der Waals surface area contributed by atoms with Gasteiger partial charge in [0.05, 0.1) is 0 Å². The van der Waals surface area contributed by atoms with E-state index >= 15 is 0 Å². The Morgan fingerprint density at radius 1 is 1.39 bits per heavy atom. The van der Waals surface area contributed by atoms with Gasteiger partial charge in [0, 0.05) is 25.9 Å². The van der Waals surface area contributed by atoms with E-state index in [0.717, 1.165) is 12.4 Å². The van der Waals surface area contributed by atoms with E-state index in [9.17, 15) is 4.79 Å². The predicted molar refractivity (Wildman–Crippen MR) is 68.0 cm³/mol. The van der Waals surface area contributed by atoms with Gasteiger partial charge in [0.25, 0.3) is 0 Å². The topological polar surface area (TPSA) is 44.1 Å². The summed E-state index contributed by atoms with van der Waals surface area (Å²) in [5.74, 6) is 0.464. The van der Waals surface area contributed by atoms with Crippen LogP contribution >= 0.6 is 0 Å². The second kappa shape index (κ2) is 5.49. The minimum absolute atomic E-state index is 0.295. The van der Waals surface area contributed by atoms with Gasteiger partial charge in [-0.3, -0.25) is 4.79 Å². The van der Waals surface area contributed by atoms with Crippen molar-refractivity contribution in [3.63, 3.8) is 0 Å². The fourth-order valence-corrected chi connectivity index (χ4v) is 1.89. The van der Waals surface area contributed by atoms with Gasteiger partial charge in [-0.05, 0) is 12.5 Å². The van der Waals surface area contributed by atoms with Crippen LogP contribution in [-0.4, -0.2) is 15.5 Å². The molecule has 94 valence electrons. The molecule has 1 heterocycles. The molecule has 18 heavy (non-hydrogen) atoms. The molecule has 0 unspecified atom stereocenters. The predicted octanol–water partition coefficient (Wildman–Crippen LogP) is 2.56. The van der Waals surface area contributed by atoms with Crippen LogP contribution in [0.4, 0.5) is 0 Å². The SMILES string of the molecule is CC(=O)O[C@@H](C)c1nccn1Cc1ccccc1. The van der Waals surface area contributed by atoms with Crippen LogP contribution in [0.5, 0.6) is 0 Å². The van der Waals surface area contributed by atoms with Crippen LogP contribution in [-0.2, 0) is 16.1 Å². The van der Waals surface area contributed by atoms with E-state index < -0.39 is 0 Å². The highest BCUT2D eigenvalue weighted by Gasteiger charge is 2.14. The fraction of sp³-hybridized carbons (Fsp3) is 0.286. The minimum Gasteiger partial charge on any atom is -0.455 e. The molecular weight excluding hydrogens is 228 g/mol. The Balaban J connectivity index is 2.15. The number of nitrogens with zero attached hydrogens (tertiary/aromatic N) is 2. The largest absolute Gasteiger partial charge is 0.455 e. The number of esters is 1. The summed E-state index contributed by atoms with van der Waals surface area (Å²) in [6.45, 7) is 3.95. The minimum atomic E-state index is -0.332. The van der Waals surface area contributed by atoms with Crippen LogP contribution in [0.3, 0.4) is 0 Å². The quantitative estimate of drug-likeness (QED) is 0.776. The number of ether oxygens (including phenoxy) is 1. The summed E-state index contributed by atoms with van der Waals surface area (Å²) < 4.78 is 7.14. The van der Waals surface area contributed by atoms with Crippen molar-refractivity contribution < 1.29 is 9.53 Å². The third-order valence-corrected chi connectivity index (χ3v) is 2.65. The van der Waals surface area contributed by atoms with Gasteiger partial charge in [0.15, 0.2) is 6.10 Å². The number of imidazole rings is 1. The zero-order valence-corrected chi connectivity index (χ0v) is 10.5. The van der Waals surface area contributed by atoms with Gasteiger partial charge in [0.1, 0.15) is 5.82 Å². The summed E-state index contributed by atoms with van der Waals surface area (Å²) in [6, 6.07) is 10.1. The van der Waals surface area contributed by atoms with Gasteiger partial charge in [-0.1, -0.05) is 30.3 Å². The van der Waals surface area contributed by atoms with Gasteiger partial charge >= 0.3 is 5.97 Å². The lowest BCUT2D eigenvalue weighted by atomic mass is 10.2. The Morgan fingerprint density at radius 3 is 2.78 bits per heavy atom. The number of aromatic nitrogens is 2. The van der Waals surface area contributed by atoms with Crippen LogP contribution in [0, 0.1) is 0 Å². The first-order valence-electron chi connectivity index (χ1n) is 5.89. The van der Waals surface area contributed by atoms with Gasteiger partial charge < -0.3 is 9.30 Å². The fourth-order valence-electron chi connectivity index (χ4n) is 1.89. The summed E-state index contributed by atoms with van der Waals surface area (Å²) in [5, 5.41) is 0. The van der Waals surface area contributed by atoms with E-state index in [1.165, 1.54) is 12.5 Å². The molecule has 0 amide bonds. The summed E-state index contributed by atoms with van der Waals surface area (Å²) in [7, 11) is 0. The summed E-state index contributed by atoms with van der Waals surface area (Å²) >= 11 is 0. The van der Waals surface area contributed by atoms with Crippen LogP contribution in [0.15, 0.2) is 42.7 Å². The van der Waals surface area contributed by atoms with Crippen molar-refractivity contribution in [3.8, 4) is 0 Å². The molecular formula is C14H16N2O2. The Kier molecular flexibility index (Phi) is 3.77.